The molecular formula is C81H109F4N6O20PS. The van der Waals surface area contributed by atoms with Gasteiger partial charge in [0.25, 0.3) is 17.6 Å². The average Bonchev–Trinajstić information content (AvgIpc) is 1.63. The molecule has 1 saturated carbocycles. The van der Waals surface area contributed by atoms with Crippen LogP contribution in [0.2, 0.25) is 0 Å². The van der Waals surface area contributed by atoms with E-state index in [2.05, 4.69) is 5.09 Å². The first-order valence-corrected chi connectivity index (χ1v) is 41.4. The quantitative estimate of drug-likeness (QED) is 0.0148. The molecule has 3 aromatic rings. The van der Waals surface area contributed by atoms with Crippen molar-refractivity contribution in [3.8, 4) is 6.07 Å². The number of methoxy groups -OCH3 is 3. The smallest absolute Gasteiger partial charge is 0.417 e. The molecule has 2 bridgehead atoms. The molecule has 16 atom stereocenters. The molecule has 5 aliphatic heterocycles. The molecule has 5 fully saturated rings. The first-order chi connectivity index (χ1) is 53.2. The lowest BCUT2D eigenvalue weighted by molar-refractivity contribution is -0.265. The minimum absolute atomic E-state index is 0.0193. The predicted octanol–water partition coefficient (Wildman–Crippen LogP) is 10.7. The number of sulfone groups is 1. The van der Waals surface area contributed by atoms with Crippen molar-refractivity contribution >= 4 is 64.3 Å². The summed E-state index contributed by atoms with van der Waals surface area (Å²) in [7, 11) is -2.57. The number of Topliss-reactive ketones (excluding diaryl/α,β-unsaturated/α-hetero) is 3. The fourth-order valence-corrected chi connectivity index (χ4v) is 18.1. The van der Waals surface area contributed by atoms with Crippen LogP contribution in [0.5, 0.6) is 0 Å². The van der Waals surface area contributed by atoms with E-state index < -0.39 is 148 Å². The molecule has 32 heteroatoms. The number of carbonyl (C=O) groups excluding carboxylic acids is 7. The third-order valence-electron chi connectivity index (χ3n) is 21.4. The number of nitrogens with one attached hydrogen (secondary N) is 2. The van der Waals surface area contributed by atoms with Crippen LogP contribution in [0.1, 0.15) is 149 Å². The number of aliphatic hydroxyl groups is 4. The van der Waals surface area contributed by atoms with Gasteiger partial charge in [-0.25, -0.2) is 36.8 Å². The largest absolute Gasteiger partial charge is 0.460 e. The Kier molecular flexibility index (Phi) is 33.7. The molecule has 3 aromatic carbocycles. The standard InChI is InChI=1S/C51H79NO13.C18H14F4N2O4S.C12H16N3O3P/c1-30-16-12-11-13-17-31(2)42(61-8)28-38-21-19-36(7)51(60,65-38)48(57)49(58)52-23-15-14-18-39(52)50(59)64-43(33(4)26-37-20-22-40(53)44(27-37)62-9)29-41(54)32(3)25-35(6)46(56)47(63-10)45(55)34(5)24-30;1-17(26,10-29(27,28)14-6-3-12(19)4-7-14)16(25)24-13-5-2-11(9-23)15(8-13)18(20,21)22;16-12(18-10-11-4-2-1-3-5-11)13-19(17,14-6-7-14)15-8-9-15/h11-13,16-17,25,30,32-34,36-40,42-44,46-47,53,56,60H,14-15,18-24,26-29H2,1-10H3;2-8,26H,10H2,1H3,(H,24,25);1-5H,6-10H2,(H,13,16,17)/b13-11+,16-12+,31-17+,35-25+;;/t30-,32-,33+,34-,36-,37+,38+,39+,40-,42+,43+,44-,46-,47+,51-;17-;/m10./s1. The molecule has 0 radical (unpaired) electrons. The Bertz CT molecular complexity index is 4120. The van der Waals surface area contributed by atoms with Gasteiger partial charge in [-0.2, -0.15) is 18.4 Å². The molecule has 3 amide bonds. The second-order valence-corrected chi connectivity index (χ2v) is 35.0. The Morgan fingerprint density at radius 1 is 0.823 bits per heavy atom. The lowest BCUT2D eigenvalue weighted by Gasteiger charge is -2.42. The molecular weight excluding hydrogens is 1520 g/mol. The highest BCUT2D eigenvalue weighted by molar-refractivity contribution is 7.91. The molecule has 0 aromatic heterocycles. The Labute approximate surface area is 658 Å². The summed E-state index contributed by atoms with van der Waals surface area (Å²) < 4.78 is 127. The number of ether oxygens (including phenoxy) is 6. The number of nitriles is 1. The SMILES string of the molecule is CO[C@H]1C[C@@H]2CC[C@@H](C)[C@@](O)(O2)C(=O)C(=O)N2CCCC[C@H]2C(=O)O[C@H]([C@@H](C)C[C@@H]2CC[C@@H](O)[C@H](OC)C2)CC(=O)[C@H](C)/C=C(\C)[C@@H](O)[C@@H](OC)C(=O)[C@H](C)C[C@H](C)/C=C/C=C/C=C/1C.C[C@](O)(CS(=O)(=O)c1ccc(F)cc1)C(=O)Nc1ccc(C#N)c(C(F)(F)F)c1.O=C(NP(=O)(N1CC1)N1CC1)OCc1ccccc1. The number of piperidine rings is 1. The maximum atomic E-state index is 14.4. The molecule has 4 saturated heterocycles. The van der Waals surface area contributed by atoms with Crippen LogP contribution in [0.3, 0.4) is 0 Å². The van der Waals surface area contributed by atoms with Crippen molar-refractivity contribution in [2.45, 2.75) is 210 Å². The third kappa shape index (κ3) is 25.9. The monoisotopic (exact) mass is 1620 g/mol. The van der Waals surface area contributed by atoms with Crippen molar-refractivity contribution in [3.05, 3.63) is 143 Å². The van der Waals surface area contributed by atoms with Gasteiger partial charge in [0.2, 0.25) is 5.79 Å². The number of halogens is 4. The van der Waals surface area contributed by atoms with Gasteiger partial charge in [-0.1, -0.05) is 101 Å². The molecule has 0 unspecified atom stereocenters. The summed E-state index contributed by atoms with van der Waals surface area (Å²) in [5.74, 6) is -11.0. The molecule has 0 spiro atoms. The van der Waals surface area contributed by atoms with Gasteiger partial charge >= 0.3 is 25.8 Å². The number of rotatable bonds is 16. The zero-order chi connectivity index (χ0) is 83.5. The number of cyclic esters (lactones) is 1. The van der Waals surface area contributed by atoms with Crippen molar-refractivity contribution in [3.63, 3.8) is 0 Å². The van der Waals surface area contributed by atoms with Gasteiger partial charge in [-0.3, -0.25) is 28.5 Å². The number of amides is 3. The van der Waals surface area contributed by atoms with E-state index >= 15 is 0 Å². The Morgan fingerprint density at radius 2 is 1.49 bits per heavy atom. The van der Waals surface area contributed by atoms with E-state index in [0.717, 1.165) is 87.1 Å². The van der Waals surface area contributed by atoms with Crippen LogP contribution < -0.4 is 10.4 Å². The number of hydrogen-bond acceptors (Lipinski definition) is 21. The van der Waals surface area contributed by atoms with Crippen molar-refractivity contribution < 1.29 is 113 Å². The van der Waals surface area contributed by atoms with Crippen LogP contribution in [-0.2, 0) is 84.4 Å². The van der Waals surface area contributed by atoms with E-state index in [-0.39, 0.29) is 72.0 Å². The fourth-order valence-electron chi connectivity index (χ4n) is 14.3. The summed E-state index contributed by atoms with van der Waals surface area (Å²) in [4.78, 5) is 95.4. The van der Waals surface area contributed by atoms with Crippen LogP contribution in [-0.4, -0.2) is 204 Å². The number of allylic oxidation sites excluding steroid dienone is 6. The number of ketones is 3. The highest BCUT2D eigenvalue weighted by atomic mass is 32.2. The number of alkyl halides is 3. The number of aliphatic hydroxyl groups excluding tert-OH is 2. The molecule has 622 valence electrons. The van der Waals surface area contributed by atoms with E-state index in [0.29, 0.717) is 69.4 Å². The number of anilines is 1. The van der Waals surface area contributed by atoms with E-state index in [1.165, 1.54) is 18.1 Å². The van der Waals surface area contributed by atoms with Crippen molar-refractivity contribution in [1.82, 2.24) is 19.3 Å². The number of benzene rings is 3. The minimum atomic E-state index is -4.86. The minimum Gasteiger partial charge on any atom is -0.460 e. The predicted molar refractivity (Wildman–Crippen MR) is 410 cm³/mol. The average molecular weight is 1630 g/mol. The second kappa shape index (κ2) is 41.2. The maximum Gasteiger partial charge on any atom is 0.417 e. The summed E-state index contributed by atoms with van der Waals surface area (Å²) in [6.45, 7) is 16.9. The molecule has 5 heterocycles. The number of esters is 1. The topological polar surface area (TPSA) is 364 Å². The summed E-state index contributed by atoms with van der Waals surface area (Å²) in [6.07, 6.45) is 5.70. The van der Waals surface area contributed by atoms with Crippen molar-refractivity contribution in [2.75, 3.05) is 65.1 Å². The van der Waals surface area contributed by atoms with Crippen LogP contribution in [0, 0.1) is 52.7 Å². The first kappa shape index (κ1) is 92.5. The van der Waals surface area contributed by atoms with E-state index in [1.807, 2.05) is 93.7 Å². The molecule has 1 aliphatic carbocycles. The van der Waals surface area contributed by atoms with Gasteiger partial charge < -0.3 is 59.1 Å². The van der Waals surface area contributed by atoms with Crippen LogP contribution in [0.4, 0.5) is 28.0 Å². The molecule has 6 N–H and O–H groups in total. The van der Waals surface area contributed by atoms with Crippen LogP contribution >= 0.6 is 7.59 Å². The number of nitrogens with zero attached hydrogens (tertiary/aromatic N) is 4. The summed E-state index contributed by atoms with van der Waals surface area (Å²) >= 11 is 0. The van der Waals surface area contributed by atoms with E-state index in [9.17, 15) is 84.5 Å². The zero-order valence-corrected chi connectivity index (χ0v) is 67.6. The van der Waals surface area contributed by atoms with Crippen molar-refractivity contribution in [2.24, 2.45) is 35.5 Å². The molecule has 9 rings (SSSR count). The van der Waals surface area contributed by atoms with E-state index in [4.69, 9.17) is 33.7 Å². The Balaban J connectivity index is 0.000000297. The van der Waals surface area contributed by atoms with Gasteiger partial charge in [0.05, 0.1) is 52.3 Å². The molecule has 113 heavy (non-hydrogen) atoms. The summed E-state index contributed by atoms with van der Waals surface area (Å²) in [5, 5.41) is 57.4. The highest BCUT2D eigenvalue weighted by Crippen LogP contribution is 2.57. The fraction of sp³-hybridized carbons (Fsp3) is 0.580. The van der Waals surface area contributed by atoms with Gasteiger partial charge in [0.15, 0.2) is 21.2 Å². The third-order valence-corrected chi connectivity index (χ3v) is 26.1. The summed E-state index contributed by atoms with van der Waals surface area (Å²) in [5.41, 5.74) is -2.69. The van der Waals surface area contributed by atoms with Gasteiger partial charge in [0.1, 0.15) is 42.6 Å². The summed E-state index contributed by atoms with van der Waals surface area (Å²) in [6, 6.07) is 15.7. The number of fused-ring (bicyclic) bond motifs is 3. The van der Waals surface area contributed by atoms with E-state index in [1.54, 1.807) is 50.4 Å². The second-order valence-electron chi connectivity index (χ2n) is 30.5. The van der Waals surface area contributed by atoms with Crippen LogP contribution in [0.15, 0.2) is 125 Å². The first-order valence-electron chi connectivity index (χ1n) is 38.1. The lowest BCUT2D eigenvalue weighted by atomic mass is 9.78. The normalized spacial score (nSPS) is 30.0. The lowest BCUT2D eigenvalue weighted by Crippen LogP contribution is -2.61. The van der Waals surface area contributed by atoms with Gasteiger partial charge in [-0.05, 0) is 162 Å². The number of carbonyl (C=O) groups is 7. The Hall–Kier alpha value is -7.70. The zero-order valence-electron chi connectivity index (χ0n) is 65.9. The van der Waals surface area contributed by atoms with Crippen LogP contribution in [0.25, 0.3) is 0 Å². The number of hydrogen-bond donors (Lipinski definition) is 6. The Morgan fingerprint density at radius 3 is 2.10 bits per heavy atom. The van der Waals surface area contributed by atoms with Crippen molar-refractivity contribution in [1.29, 1.82) is 5.26 Å². The molecule has 26 nitrogen and oxygen atoms in total. The maximum absolute atomic E-state index is 14.4. The van der Waals surface area contributed by atoms with Gasteiger partial charge in [0, 0.05) is 90.3 Å². The van der Waals surface area contributed by atoms with Gasteiger partial charge in [-0.15, -0.1) is 0 Å². The molecule has 6 aliphatic rings. The highest BCUT2D eigenvalue weighted by Gasteiger charge is 2.54.